The maximum atomic E-state index is 13.0. The Morgan fingerprint density at radius 2 is 2.17 bits per heavy atom. The van der Waals surface area contributed by atoms with Gasteiger partial charge in [-0.25, -0.2) is 4.39 Å². The molecule has 0 aliphatic carbocycles. The van der Waals surface area contributed by atoms with Crippen LogP contribution in [0.5, 0.6) is 5.75 Å². The molecule has 0 aliphatic heterocycles. The van der Waals surface area contributed by atoms with Crippen molar-refractivity contribution in [2.75, 3.05) is 20.7 Å². The van der Waals surface area contributed by atoms with Crippen LogP contribution in [-0.2, 0) is 4.79 Å². The quantitative estimate of drug-likeness (QED) is 0.871. The number of benzene rings is 1. The average molecular weight is 255 g/mol. The first-order valence-electron chi connectivity index (χ1n) is 5.72. The smallest absolute Gasteiger partial charge is 0.225 e. The van der Waals surface area contributed by atoms with Crippen molar-refractivity contribution in [1.82, 2.24) is 4.90 Å². The summed E-state index contributed by atoms with van der Waals surface area (Å²) in [5.41, 5.74) is 0.382. The molecule has 1 aromatic carbocycles. The summed E-state index contributed by atoms with van der Waals surface area (Å²) >= 11 is 0. The van der Waals surface area contributed by atoms with Gasteiger partial charge in [0.25, 0.3) is 0 Å². The summed E-state index contributed by atoms with van der Waals surface area (Å²) in [5, 5.41) is 9.50. The molecule has 18 heavy (non-hydrogen) atoms. The number of hydrogen-bond donors (Lipinski definition) is 1. The van der Waals surface area contributed by atoms with Crippen molar-refractivity contribution >= 4 is 5.91 Å². The molecule has 1 amide bonds. The lowest BCUT2D eigenvalue weighted by Gasteiger charge is -2.14. The third kappa shape index (κ3) is 4.00. The predicted octanol–water partition coefficient (Wildman–Crippen LogP) is 1.74. The van der Waals surface area contributed by atoms with Gasteiger partial charge >= 0.3 is 0 Å². The van der Waals surface area contributed by atoms with Gasteiger partial charge in [0.15, 0.2) is 0 Å². The van der Waals surface area contributed by atoms with E-state index in [1.54, 1.807) is 14.1 Å². The minimum atomic E-state index is -0.819. The number of hydrogen-bond acceptors (Lipinski definition) is 3. The van der Waals surface area contributed by atoms with Crippen molar-refractivity contribution in [2.24, 2.45) is 0 Å². The van der Waals surface area contributed by atoms with Gasteiger partial charge in [-0.15, -0.1) is 0 Å². The minimum absolute atomic E-state index is 0.0456. The molecule has 100 valence electrons. The van der Waals surface area contributed by atoms with Crippen LogP contribution in [0.3, 0.4) is 0 Å². The molecule has 0 aromatic heterocycles. The van der Waals surface area contributed by atoms with E-state index in [1.165, 1.54) is 30.0 Å². The monoisotopic (exact) mass is 255 g/mol. The van der Waals surface area contributed by atoms with Crippen LogP contribution in [0, 0.1) is 5.82 Å². The highest BCUT2D eigenvalue weighted by Crippen LogP contribution is 2.26. The predicted molar refractivity (Wildman–Crippen MR) is 65.8 cm³/mol. The van der Waals surface area contributed by atoms with Crippen LogP contribution in [0.4, 0.5) is 4.39 Å². The molecule has 1 atom stereocenters. The fourth-order valence-corrected chi connectivity index (χ4v) is 1.45. The van der Waals surface area contributed by atoms with Crippen LogP contribution in [0.1, 0.15) is 25.0 Å². The van der Waals surface area contributed by atoms with Crippen molar-refractivity contribution < 1.29 is 19.0 Å². The van der Waals surface area contributed by atoms with Crippen molar-refractivity contribution in [2.45, 2.75) is 19.4 Å². The van der Waals surface area contributed by atoms with Crippen molar-refractivity contribution in [3.8, 4) is 5.75 Å². The topological polar surface area (TPSA) is 49.8 Å². The number of carbonyl (C=O) groups is 1. The van der Waals surface area contributed by atoms with Gasteiger partial charge in [-0.3, -0.25) is 4.79 Å². The van der Waals surface area contributed by atoms with Crippen molar-refractivity contribution in [3.05, 3.63) is 29.6 Å². The number of halogens is 1. The molecule has 0 heterocycles. The van der Waals surface area contributed by atoms with Gasteiger partial charge in [-0.05, 0) is 25.1 Å². The van der Waals surface area contributed by atoms with E-state index in [9.17, 15) is 14.3 Å². The molecule has 0 bridgehead atoms. The first kappa shape index (κ1) is 14.4. The average Bonchev–Trinajstić information content (AvgIpc) is 2.30. The SMILES string of the molecule is C[C@H](O)c1cc(F)ccc1OCCC(=O)N(C)C. The summed E-state index contributed by atoms with van der Waals surface area (Å²) in [5.74, 6) is -0.0729. The highest BCUT2D eigenvalue weighted by atomic mass is 19.1. The Balaban J connectivity index is 2.65. The third-order valence-electron chi connectivity index (χ3n) is 2.49. The summed E-state index contributed by atoms with van der Waals surface area (Å²) in [6.07, 6.45) is -0.580. The van der Waals surface area contributed by atoms with Crippen molar-refractivity contribution in [3.63, 3.8) is 0 Å². The molecule has 0 saturated heterocycles. The van der Waals surface area contributed by atoms with E-state index in [2.05, 4.69) is 0 Å². The van der Waals surface area contributed by atoms with Gasteiger partial charge in [0.05, 0.1) is 19.1 Å². The zero-order chi connectivity index (χ0) is 13.7. The Kier molecular flexibility index (Phi) is 5.09. The second-order valence-corrected chi connectivity index (χ2v) is 4.24. The fraction of sp³-hybridized carbons (Fsp3) is 0.462. The third-order valence-corrected chi connectivity index (χ3v) is 2.49. The van der Waals surface area contributed by atoms with Crippen LogP contribution < -0.4 is 4.74 Å². The number of rotatable bonds is 5. The summed E-state index contributed by atoms with van der Waals surface area (Å²) in [4.78, 5) is 12.8. The maximum Gasteiger partial charge on any atom is 0.225 e. The molecule has 0 aliphatic rings. The number of carbonyl (C=O) groups excluding carboxylic acids is 1. The molecule has 0 radical (unpaired) electrons. The molecular formula is C13H18FNO3. The molecule has 1 rings (SSSR count). The summed E-state index contributed by atoms with van der Waals surface area (Å²) in [6, 6.07) is 3.94. The Morgan fingerprint density at radius 3 is 2.72 bits per heavy atom. The largest absolute Gasteiger partial charge is 0.493 e. The van der Waals surface area contributed by atoms with Gasteiger partial charge in [0.2, 0.25) is 5.91 Å². The molecule has 0 spiro atoms. The molecule has 5 heteroatoms. The Morgan fingerprint density at radius 1 is 1.50 bits per heavy atom. The van der Waals surface area contributed by atoms with Gasteiger partial charge in [0, 0.05) is 19.7 Å². The molecule has 4 nitrogen and oxygen atoms in total. The Bertz CT molecular complexity index is 419. The fourth-order valence-electron chi connectivity index (χ4n) is 1.45. The Labute approximate surface area is 106 Å². The van der Waals surface area contributed by atoms with Gasteiger partial charge < -0.3 is 14.7 Å². The number of nitrogens with zero attached hydrogens (tertiary/aromatic N) is 1. The standard InChI is InChI=1S/C13H18FNO3/c1-9(16)11-8-10(14)4-5-12(11)18-7-6-13(17)15(2)3/h4-5,8-9,16H,6-7H2,1-3H3/t9-/m0/s1. The van der Waals surface area contributed by atoms with Crippen LogP contribution in [0.25, 0.3) is 0 Å². The highest BCUT2D eigenvalue weighted by molar-refractivity contribution is 5.75. The first-order chi connectivity index (χ1) is 8.41. The molecule has 0 fully saturated rings. The molecule has 1 N–H and O–H groups in total. The summed E-state index contributed by atoms with van der Waals surface area (Å²) < 4.78 is 18.4. The number of aliphatic hydroxyl groups is 1. The van der Waals surface area contributed by atoms with E-state index in [-0.39, 0.29) is 18.9 Å². The lowest BCUT2D eigenvalue weighted by molar-refractivity contribution is -0.129. The van der Waals surface area contributed by atoms with E-state index < -0.39 is 11.9 Å². The summed E-state index contributed by atoms with van der Waals surface area (Å²) in [7, 11) is 3.34. The molecule has 0 saturated carbocycles. The lowest BCUT2D eigenvalue weighted by Crippen LogP contribution is -2.23. The van der Waals surface area contributed by atoms with Gasteiger partial charge in [-0.2, -0.15) is 0 Å². The summed E-state index contributed by atoms with van der Waals surface area (Å²) in [6.45, 7) is 1.73. The van der Waals surface area contributed by atoms with Crippen LogP contribution >= 0.6 is 0 Å². The normalized spacial score (nSPS) is 12.1. The molecular weight excluding hydrogens is 237 g/mol. The first-order valence-corrected chi connectivity index (χ1v) is 5.72. The second-order valence-electron chi connectivity index (χ2n) is 4.24. The molecule has 1 aromatic rings. The minimum Gasteiger partial charge on any atom is -0.493 e. The van der Waals surface area contributed by atoms with Crippen molar-refractivity contribution in [1.29, 1.82) is 0 Å². The number of aliphatic hydroxyl groups excluding tert-OH is 1. The second kappa shape index (κ2) is 6.35. The Hall–Kier alpha value is -1.62. The maximum absolute atomic E-state index is 13.0. The number of amides is 1. The van der Waals surface area contributed by atoms with Crippen LogP contribution in [-0.4, -0.2) is 36.6 Å². The zero-order valence-corrected chi connectivity index (χ0v) is 10.8. The van der Waals surface area contributed by atoms with Crippen LogP contribution in [0.2, 0.25) is 0 Å². The zero-order valence-electron chi connectivity index (χ0n) is 10.8. The lowest BCUT2D eigenvalue weighted by atomic mass is 10.1. The van der Waals surface area contributed by atoms with E-state index in [0.29, 0.717) is 11.3 Å². The van der Waals surface area contributed by atoms with E-state index in [4.69, 9.17) is 4.74 Å². The van der Waals surface area contributed by atoms with E-state index in [1.807, 2.05) is 0 Å². The van der Waals surface area contributed by atoms with E-state index in [0.717, 1.165) is 0 Å². The van der Waals surface area contributed by atoms with Gasteiger partial charge in [0.1, 0.15) is 11.6 Å². The van der Waals surface area contributed by atoms with Gasteiger partial charge in [-0.1, -0.05) is 0 Å². The molecule has 0 unspecified atom stereocenters. The number of ether oxygens (including phenoxy) is 1. The van der Waals surface area contributed by atoms with Crippen LogP contribution in [0.15, 0.2) is 18.2 Å². The van der Waals surface area contributed by atoms with E-state index >= 15 is 0 Å². The highest BCUT2D eigenvalue weighted by Gasteiger charge is 2.11.